The predicted molar refractivity (Wildman–Crippen MR) is 77.4 cm³/mol. The van der Waals surface area contributed by atoms with Crippen LogP contribution in [0.2, 0.25) is 0 Å². The number of benzene rings is 1. The molecule has 1 N–H and O–H groups in total. The molecule has 1 aliphatic carbocycles. The normalized spacial score (nSPS) is 20.1. The van der Waals surface area contributed by atoms with Crippen LogP contribution in [0.15, 0.2) is 18.2 Å². The van der Waals surface area contributed by atoms with Crippen molar-refractivity contribution in [3.05, 3.63) is 33.9 Å². The van der Waals surface area contributed by atoms with Gasteiger partial charge in [-0.1, -0.05) is 39.8 Å². The van der Waals surface area contributed by atoms with Crippen LogP contribution in [0.4, 0.5) is 11.4 Å². The fraction of sp³-hybridized carbons (Fsp3) is 0.600. The molecule has 0 aromatic heterocycles. The summed E-state index contributed by atoms with van der Waals surface area (Å²) >= 11 is 0. The van der Waals surface area contributed by atoms with Gasteiger partial charge in [-0.15, -0.1) is 0 Å². The molecule has 4 nitrogen and oxygen atoms in total. The fourth-order valence-corrected chi connectivity index (χ4v) is 3.08. The van der Waals surface area contributed by atoms with Crippen molar-refractivity contribution in [1.29, 1.82) is 0 Å². The summed E-state index contributed by atoms with van der Waals surface area (Å²) in [5, 5.41) is 14.3. The van der Waals surface area contributed by atoms with Crippen molar-refractivity contribution in [2.75, 3.05) is 11.9 Å². The van der Waals surface area contributed by atoms with E-state index in [-0.39, 0.29) is 21.4 Å². The van der Waals surface area contributed by atoms with Crippen LogP contribution in [0.1, 0.15) is 33.3 Å². The molecule has 0 heterocycles. The van der Waals surface area contributed by atoms with Gasteiger partial charge in [-0.3, -0.25) is 10.1 Å². The Morgan fingerprint density at radius 2 is 1.84 bits per heavy atom. The Labute approximate surface area is 114 Å². The Balaban J connectivity index is 2.16. The van der Waals surface area contributed by atoms with Gasteiger partial charge in [0.25, 0.3) is 5.69 Å². The quantitative estimate of drug-likeness (QED) is 0.659. The van der Waals surface area contributed by atoms with Gasteiger partial charge in [-0.25, -0.2) is 0 Å². The first kappa shape index (κ1) is 13.8. The molecule has 0 saturated heterocycles. The summed E-state index contributed by atoms with van der Waals surface area (Å²) in [6, 6.07) is 5.18. The maximum Gasteiger partial charge on any atom is 0.292 e. The Morgan fingerprint density at radius 1 is 1.26 bits per heavy atom. The molecule has 1 aromatic carbocycles. The average Bonchev–Trinajstić information content (AvgIpc) is 2.68. The number of nitrogens with one attached hydrogen (secondary N) is 1. The molecule has 0 bridgehead atoms. The highest BCUT2D eigenvalue weighted by Crippen LogP contribution is 2.68. The van der Waals surface area contributed by atoms with Gasteiger partial charge in [0.1, 0.15) is 5.69 Å². The Morgan fingerprint density at radius 3 is 2.32 bits per heavy atom. The monoisotopic (exact) mass is 262 g/mol. The summed E-state index contributed by atoms with van der Waals surface area (Å²) in [6.07, 6.45) is 0. The third-order valence-corrected chi connectivity index (χ3v) is 5.25. The molecule has 0 aliphatic heterocycles. The maximum atomic E-state index is 11.1. The minimum absolute atomic E-state index is 0.163. The summed E-state index contributed by atoms with van der Waals surface area (Å²) in [7, 11) is 0. The zero-order chi connectivity index (χ0) is 14.4. The summed E-state index contributed by atoms with van der Waals surface area (Å²) in [4.78, 5) is 10.7. The smallest absolute Gasteiger partial charge is 0.292 e. The number of para-hydroxylation sites is 1. The van der Waals surface area contributed by atoms with E-state index in [1.54, 1.807) is 12.1 Å². The lowest BCUT2D eigenvalue weighted by Gasteiger charge is -2.10. The first-order valence-corrected chi connectivity index (χ1v) is 6.67. The third-order valence-electron chi connectivity index (χ3n) is 5.25. The second-order valence-electron chi connectivity index (χ2n) is 6.60. The van der Waals surface area contributed by atoms with Crippen LogP contribution in [-0.2, 0) is 0 Å². The second-order valence-corrected chi connectivity index (χ2v) is 6.60. The molecule has 4 heteroatoms. The highest BCUT2D eigenvalue weighted by Gasteiger charge is 2.64. The largest absolute Gasteiger partial charge is 0.379 e. The summed E-state index contributed by atoms with van der Waals surface area (Å²) in [5.74, 6) is 0.541. The van der Waals surface area contributed by atoms with E-state index in [1.807, 2.05) is 13.0 Å². The number of nitrogens with zero attached hydrogens (tertiary/aromatic N) is 1. The van der Waals surface area contributed by atoms with Gasteiger partial charge in [0.15, 0.2) is 0 Å². The van der Waals surface area contributed by atoms with Crippen LogP contribution in [0, 0.1) is 33.8 Å². The van der Waals surface area contributed by atoms with Gasteiger partial charge in [0.05, 0.1) is 4.92 Å². The SMILES string of the molecule is Cc1cccc([N+](=O)[O-])c1NCC1C(C)(C)C1(C)C. The lowest BCUT2D eigenvalue weighted by molar-refractivity contribution is -0.384. The summed E-state index contributed by atoms with van der Waals surface area (Å²) in [6.45, 7) is 11.7. The lowest BCUT2D eigenvalue weighted by atomic mass is 10.0. The molecule has 0 atom stereocenters. The fourth-order valence-electron chi connectivity index (χ4n) is 3.08. The van der Waals surface area contributed by atoms with E-state index < -0.39 is 0 Å². The van der Waals surface area contributed by atoms with Crippen molar-refractivity contribution in [3.63, 3.8) is 0 Å². The van der Waals surface area contributed by atoms with Gasteiger partial charge in [0.2, 0.25) is 0 Å². The van der Waals surface area contributed by atoms with Crippen molar-refractivity contribution in [3.8, 4) is 0 Å². The van der Waals surface area contributed by atoms with E-state index in [0.717, 1.165) is 12.1 Å². The highest BCUT2D eigenvalue weighted by atomic mass is 16.6. The molecule has 0 unspecified atom stereocenters. The maximum absolute atomic E-state index is 11.1. The number of anilines is 1. The molecule has 2 rings (SSSR count). The molecule has 1 fully saturated rings. The molecule has 104 valence electrons. The molecule has 1 aromatic rings. The second kappa shape index (κ2) is 4.22. The van der Waals surface area contributed by atoms with Gasteiger partial charge in [0, 0.05) is 12.6 Å². The molecule has 19 heavy (non-hydrogen) atoms. The van der Waals surface area contributed by atoms with Crippen LogP contribution >= 0.6 is 0 Å². The minimum atomic E-state index is -0.321. The Bertz CT molecular complexity index is 507. The third kappa shape index (κ3) is 2.09. The first-order chi connectivity index (χ1) is 8.69. The van der Waals surface area contributed by atoms with E-state index in [0.29, 0.717) is 11.6 Å². The van der Waals surface area contributed by atoms with Crippen LogP contribution in [0.3, 0.4) is 0 Å². The molecule has 0 amide bonds. The number of nitro benzene ring substituents is 1. The number of hydrogen-bond acceptors (Lipinski definition) is 3. The average molecular weight is 262 g/mol. The highest BCUT2D eigenvalue weighted by molar-refractivity contribution is 5.66. The molecule has 0 radical (unpaired) electrons. The number of nitro groups is 1. The molecular formula is C15H22N2O2. The van der Waals surface area contributed by atoms with E-state index in [1.165, 1.54) is 0 Å². The zero-order valence-corrected chi connectivity index (χ0v) is 12.3. The molecular weight excluding hydrogens is 240 g/mol. The van der Waals surface area contributed by atoms with Gasteiger partial charge >= 0.3 is 0 Å². The van der Waals surface area contributed by atoms with Crippen LogP contribution in [0.5, 0.6) is 0 Å². The van der Waals surface area contributed by atoms with E-state index in [2.05, 4.69) is 33.0 Å². The number of aryl methyl sites for hydroxylation is 1. The minimum Gasteiger partial charge on any atom is -0.379 e. The van der Waals surface area contributed by atoms with Gasteiger partial charge in [-0.2, -0.15) is 0 Å². The van der Waals surface area contributed by atoms with Gasteiger partial charge in [-0.05, 0) is 29.2 Å². The Kier molecular flexibility index (Phi) is 3.07. The molecule has 1 aliphatic rings. The lowest BCUT2D eigenvalue weighted by Crippen LogP contribution is -2.10. The van der Waals surface area contributed by atoms with Gasteiger partial charge < -0.3 is 5.32 Å². The standard InChI is InChI=1S/C15H22N2O2/c1-10-7-6-8-11(17(18)19)13(10)16-9-12-14(2,3)15(12,4)5/h6-8,12,16H,9H2,1-5H3. The molecule has 1 saturated carbocycles. The van der Waals surface area contributed by atoms with Crippen LogP contribution in [-0.4, -0.2) is 11.5 Å². The van der Waals surface area contributed by atoms with Crippen molar-refractivity contribution in [2.24, 2.45) is 16.7 Å². The number of rotatable bonds is 4. The van der Waals surface area contributed by atoms with Crippen molar-refractivity contribution in [1.82, 2.24) is 0 Å². The van der Waals surface area contributed by atoms with Crippen LogP contribution < -0.4 is 5.32 Å². The zero-order valence-electron chi connectivity index (χ0n) is 12.3. The number of hydrogen-bond donors (Lipinski definition) is 1. The van der Waals surface area contributed by atoms with E-state index >= 15 is 0 Å². The Hall–Kier alpha value is -1.58. The first-order valence-electron chi connectivity index (χ1n) is 6.67. The van der Waals surface area contributed by atoms with Crippen LogP contribution in [0.25, 0.3) is 0 Å². The van der Waals surface area contributed by atoms with Crippen molar-refractivity contribution in [2.45, 2.75) is 34.6 Å². The van der Waals surface area contributed by atoms with Crippen molar-refractivity contribution < 1.29 is 4.92 Å². The topological polar surface area (TPSA) is 55.2 Å². The van der Waals surface area contributed by atoms with E-state index in [9.17, 15) is 10.1 Å². The predicted octanol–water partition coefficient (Wildman–Crippen LogP) is 4.00. The van der Waals surface area contributed by atoms with Crippen molar-refractivity contribution >= 4 is 11.4 Å². The van der Waals surface area contributed by atoms with E-state index in [4.69, 9.17) is 0 Å². The summed E-state index contributed by atoms with van der Waals surface area (Å²) in [5.41, 5.74) is 2.32. The molecule has 0 spiro atoms. The summed E-state index contributed by atoms with van der Waals surface area (Å²) < 4.78 is 0.